The SMILES string of the molecule is CCN(C(=O)CC(C)(C)OC(=O)C(C)C)C(C)Cc1ccc2ooc2c1. The van der Waals surface area contributed by atoms with Crippen molar-refractivity contribution in [3.8, 4) is 0 Å². The lowest BCUT2D eigenvalue weighted by molar-refractivity contribution is -0.163. The molecule has 0 aliphatic rings. The lowest BCUT2D eigenvalue weighted by Crippen LogP contribution is -2.44. The minimum Gasteiger partial charge on any atom is -0.459 e. The van der Waals surface area contributed by atoms with Gasteiger partial charge >= 0.3 is 5.97 Å². The quantitative estimate of drug-likeness (QED) is 0.520. The van der Waals surface area contributed by atoms with Gasteiger partial charge in [-0.25, -0.2) is 0 Å². The largest absolute Gasteiger partial charge is 0.459 e. The zero-order chi connectivity index (χ0) is 19.5. The Bertz CT molecular complexity index is 755. The molecule has 144 valence electrons. The van der Waals surface area contributed by atoms with Gasteiger partial charge in [0.05, 0.1) is 12.3 Å². The maximum atomic E-state index is 12.8. The zero-order valence-electron chi connectivity index (χ0n) is 16.5. The van der Waals surface area contributed by atoms with Gasteiger partial charge in [-0.1, -0.05) is 19.9 Å². The van der Waals surface area contributed by atoms with Gasteiger partial charge in [0.25, 0.3) is 0 Å². The summed E-state index contributed by atoms with van der Waals surface area (Å²) >= 11 is 0. The van der Waals surface area contributed by atoms with E-state index in [1.165, 1.54) is 0 Å². The molecule has 0 fully saturated rings. The molecular weight excluding hydrogens is 334 g/mol. The Morgan fingerprint density at radius 1 is 1.15 bits per heavy atom. The first-order chi connectivity index (χ1) is 12.1. The average molecular weight is 363 g/mol. The van der Waals surface area contributed by atoms with Crippen LogP contribution in [0, 0.1) is 5.92 Å². The van der Waals surface area contributed by atoms with Gasteiger partial charge in [0, 0.05) is 12.6 Å². The predicted octanol–water partition coefficient (Wildman–Crippen LogP) is 4.17. The maximum Gasteiger partial charge on any atom is 0.308 e. The van der Waals surface area contributed by atoms with E-state index in [1.54, 1.807) is 27.7 Å². The third-order valence-corrected chi connectivity index (χ3v) is 4.38. The van der Waals surface area contributed by atoms with Gasteiger partial charge in [-0.05, 0) is 51.8 Å². The first-order valence-electron chi connectivity index (χ1n) is 9.12. The number of hydrogen-bond acceptors (Lipinski definition) is 5. The molecule has 26 heavy (non-hydrogen) atoms. The summed E-state index contributed by atoms with van der Waals surface area (Å²) in [7, 11) is 0. The molecular formula is C20H29NO5. The third-order valence-electron chi connectivity index (χ3n) is 4.38. The molecule has 2 rings (SSSR count). The Labute approximate surface area is 154 Å². The lowest BCUT2D eigenvalue weighted by Gasteiger charge is -2.32. The van der Waals surface area contributed by atoms with Gasteiger partial charge in [-0.3, -0.25) is 18.7 Å². The van der Waals surface area contributed by atoms with Crippen LogP contribution in [0.15, 0.2) is 27.4 Å². The Morgan fingerprint density at radius 2 is 1.81 bits per heavy atom. The van der Waals surface area contributed by atoms with E-state index >= 15 is 0 Å². The summed E-state index contributed by atoms with van der Waals surface area (Å²) in [5.41, 5.74) is 1.72. The third kappa shape index (κ3) is 4.90. The molecule has 1 aromatic heterocycles. The van der Waals surface area contributed by atoms with Crippen molar-refractivity contribution >= 4 is 23.0 Å². The predicted molar refractivity (Wildman–Crippen MR) is 98.7 cm³/mol. The van der Waals surface area contributed by atoms with Gasteiger partial charge in [0.2, 0.25) is 17.1 Å². The molecule has 1 heterocycles. The molecule has 2 aromatic rings. The second-order valence-electron chi connectivity index (χ2n) is 7.69. The Kier molecular flexibility index (Phi) is 6.16. The van der Waals surface area contributed by atoms with Crippen molar-refractivity contribution in [2.75, 3.05) is 6.54 Å². The highest BCUT2D eigenvalue weighted by Crippen LogP contribution is 2.23. The molecule has 0 aliphatic carbocycles. The van der Waals surface area contributed by atoms with Gasteiger partial charge in [0.15, 0.2) is 0 Å². The van der Waals surface area contributed by atoms with Crippen molar-refractivity contribution in [2.45, 2.75) is 66.0 Å². The summed E-state index contributed by atoms with van der Waals surface area (Å²) in [5.74, 6) is -0.527. The van der Waals surface area contributed by atoms with Crippen LogP contribution in [0.25, 0.3) is 11.2 Å². The van der Waals surface area contributed by atoms with E-state index in [0.717, 1.165) is 16.7 Å². The number of nitrogens with zero attached hydrogens (tertiary/aromatic N) is 1. The number of likely N-dealkylation sites (N-methyl/N-ethyl adjacent to an activating group) is 1. The molecule has 1 aromatic carbocycles. The number of hydrogen-bond donors (Lipinski definition) is 0. The van der Waals surface area contributed by atoms with E-state index in [2.05, 4.69) is 0 Å². The van der Waals surface area contributed by atoms with Crippen molar-refractivity contribution in [3.63, 3.8) is 0 Å². The number of rotatable bonds is 8. The van der Waals surface area contributed by atoms with Crippen molar-refractivity contribution in [1.82, 2.24) is 4.90 Å². The summed E-state index contributed by atoms with van der Waals surface area (Å²) < 4.78 is 15.2. The smallest absolute Gasteiger partial charge is 0.308 e. The molecule has 1 unspecified atom stereocenters. The molecule has 0 radical (unpaired) electrons. The number of esters is 1. The minimum absolute atomic E-state index is 0.0168. The first-order valence-corrected chi connectivity index (χ1v) is 9.12. The van der Waals surface area contributed by atoms with Gasteiger partial charge < -0.3 is 9.64 Å². The Morgan fingerprint density at radius 3 is 2.31 bits per heavy atom. The van der Waals surface area contributed by atoms with Crippen LogP contribution in [0.1, 0.15) is 53.5 Å². The van der Waals surface area contributed by atoms with Crippen LogP contribution in [-0.2, 0) is 20.7 Å². The minimum atomic E-state index is -0.827. The summed E-state index contributed by atoms with van der Waals surface area (Å²) in [6, 6.07) is 5.79. The van der Waals surface area contributed by atoms with E-state index in [-0.39, 0.29) is 30.3 Å². The Balaban J connectivity index is 1.99. The van der Waals surface area contributed by atoms with Crippen LogP contribution < -0.4 is 0 Å². The van der Waals surface area contributed by atoms with Crippen LogP contribution >= 0.6 is 0 Å². The summed E-state index contributed by atoms with van der Waals surface area (Å²) in [6.07, 6.45) is 0.868. The van der Waals surface area contributed by atoms with Crippen LogP contribution in [0.3, 0.4) is 0 Å². The highest BCUT2D eigenvalue weighted by molar-refractivity contribution is 5.79. The van der Waals surface area contributed by atoms with E-state index in [1.807, 2.05) is 36.9 Å². The Hall–Kier alpha value is -2.24. The normalized spacial score (nSPS) is 13.2. The highest BCUT2D eigenvalue weighted by Gasteiger charge is 2.31. The second kappa shape index (κ2) is 7.98. The summed E-state index contributed by atoms with van der Waals surface area (Å²) in [4.78, 5) is 26.5. The van der Waals surface area contributed by atoms with Crippen molar-refractivity contribution in [1.29, 1.82) is 0 Å². The van der Waals surface area contributed by atoms with Gasteiger partial charge in [-0.15, -0.1) is 0 Å². The molecule has 0 N–H and O–H groups in total. The fraction of sp³-hybridized carbons (Fsp3) is 0.600. The molecule has 1 amide bonds. The molecule has 1 atom stereocenters. The van der Waals surface area contributed by atoms with Crippen molar-refractivity contribution in [2.24, 2.45) is 5.92 Å². The summed E-state index contributed by atoms with van der Waals surface area (Å²) in [5, 5.41) is 0. The van der Waals surface area contributed by atoms with Crippen LogP contribution in [-0.4, -0.2) is 35.0 Å². The number of fused-ring (bicyclic) bond motifs is 1. The standard InChI is InChI=1S/C20H29NO5/c1-7-21(18(22)12-20(5,6)24-19(23)13(2)3)14(4)10-15-8-9-16-17(11-15)26-25-16/h8-9,11,13-14H,7,10,12H2,1-6H3. The number of carbonyl (C=O) groups excluding carboxylic acids is 2. The molecule has 0 bridgehead atoms. The van der Waals surface area contributed by atoms with Crippen molar-refractivity contribution in [3.05, 3.63) is 23.8 Å². The van der Waals surface area contributed by atoms with E-state index < -0.39 is 5.60 Å². The van der Waals surface area contributed by atoms with E-state index in [9.17, 15) is 9.59 Å². The van der Waals surface area contributed by atoms with Gasteiger partial charge in [-0.2, -0.15) is 0 Å². The second-order valence-corrected chi connectivity index (χ2v) is 7.69. The molecule has 6 nitrogen and oxygen atoms in total. The van der Waals surface area contributed by atoms with Crippen molar-refractivity contribution < 1.29 is 23.5 Å². The zero-order valence-corrected chi connectivity index (χ0v) is 16.5. The van der Waals surface area contributed by atoms with E-state index in [4.69, 9.17) is 13.9 Å². The maximum absolute atomic E-state index is 12.8. The van der Waals surface area contributed by atoms with E-state index in [0.29, 0.717) is 13.0 Å². The topological polar surface area (TPSA) is 72.9 Å². The number of amides is 1. The lowest BCUT2D eigenvalue weighted by atomic mass is 10.0. The highest BCUT2D eigenvalue weighted by atomic mass is 17.0. The molecule has 6 heteroatoms. The molecule has 0 aliphatic heterocycles. The number of benzene rings is 1. The number of carbonyl (C=O) groups is 2. The fourth-order valence-corrected chi connectivity index (χ4v) is 2.95. The molecule has 0 saturated carbocycles. The summed E-state index contributed by atoms with van der Waals surface area (Å²) in [6.45, 7) is 11.7. The van der Waals surface area contributed by atoms with Crippen LogP contribution in [0.4, 0.5) is 0 Å². The number of ether oxygens (including phenoxy) is 1. The first kappa shape index (κ1) is 20.1. The van der Waals surface area contributed by atoms with Crippen LogP contribution in [0.5, 0.6) is 0 Å². The monoisotopic (exact) mass is 363 g/mol. The van der Waals surface area contributed by atoms with Gasteiger partial charge in [0.1, 0.15) is 5.60 Å². The average Bonchev–Trinajstić information content (AvgIpc) is 2.49. The molecule has 0 saturated heterocycles. The fourth-order valence-electron chi connectivity index (χ4n) is 2.95. The molecule has 0 spiro atoms. The van der Waals surface area contributed by atoms with Crippen LogP contribution in [0.2, 0.25) is 0 Å².